The first kappa shape index (κ1) is 26.4. The summed E-state index contributed by atoms with van der Waals surface area (Å²) in [6.45, 7) is 18.7. The summed E-state index contributed by atoms with van der Waals surface area (Å²) in [7, 11) is 2.23. The van der Waals surface area contributed by atoms with Gasteiger partial charge in [-0.05, 0) is 86.9 Å². The van der Waals surface area contributed by atoms with Crippen LogP contribution in [0.1, 0.15) is 76.6 Å². The zero-order valence-corrected chi connectivity index (χ0v) is 25.9. The van der Waals surface area contributed by atoms with Gasteiger partial charge in [-0.15, -0.1) is 0 Å². The number of aromatic nitrogens is 1. The third-order valence-electron chi connectivity index (χ3n) is 8.38. The molecule has 2 heteroatoms. The van der Waals surface area contributed by atoms with Crippen LogP contribution in [0, 0.1) is 18.3 Å². The highest BCUT2D eigenvalue weighted by atomic mass is 32.2. The topological polar surface area (TPSA) is 3.88 Å². The van der Waals surface area contributed by atoms with Gasteiger partial charge in [-0.3, -0.25) is 0 Å². The van der Waals surface area contributed by atoms with Gasteiger partial charge in [0.15, 0.2) is 6.20 Å². The van der Waals surface area contributed by atoms with Crippen molar-refractivity contribution >= 4 is 44.1 Å². The number of nitrogens with zero attached hydrogens (tertiary/aromatic N) is 1. The summed E-state index contributed by atoms with van der Waals surface area (Å²) in [6.07, 6.45) is 4.46. The molecule has 1 aliphatic heterocycles. The van der Waals surface area contributed by atoms with Gasteiger partial charge in [-0.25, -0.2) is 4.57 Å². The maximum absolute atomic E-state index is 2.49. The van der Waals surface area contributed by atoms with Crippen molar-refractivity contribution in [2.45, 2.75) is 83.9 Å². The Labute approximate surface area is 238 Å². The Morgan fingerprint density at radius 2 is 1.62 bits per heavy atom. The Morgan fingerprint density at radius 1 is 0.846 bits per heavy atom. The Hall–Kier alpha value is -2.84. The lowest BCUT2D eigenvalue weighted by molar-refractivity contribution is -0.659. The molecule has 0 spiro atoms. The second kappa shape index (κ2) is 9.37. The van der Waals surface area contributed by atoms with E-state index >= 15 is 0 Å². The highest BCUT2D eigenvalue weighted by molar-refractivity contribution is 8.00. The van der Waals surface area contributed by atoms with Crippen LogP contribution in [0.4, 0.5) is 0 Å². The average Bonchev–Trinajstić information content (AvgIpc) is 2.86. The zero-order chi connectivity index (χ0) is 27.8. The van der Waals surface area contributed by atoms with Crippen molar-refractivity contribution < 1.29 is 4.57 Å². The number of aryl methyl sites for hydroxylation is 2. The molecule has 0 fully saturated rings. The minimum atomic E-state index is 0.193. The first-order valence-corrected chi connectivity index (χ1v) is 15.4. The van der Waals surface area contributed by atoms with Gasteiger partial charge >= 0.3 is 0 Å². The molecule has 0 aliphatic carbocycles. The quantitative estimate of drug-likeness (QED) is 0.161. The molecule has 2 heterocycles. The van der Waals surface area contributed by atoms with Crippen molar-refractivity contribution in [2.24, 2.45) is 18.4 Å². The summed E-state index contributed by atoms with van der Waals surface area (Å²) in [5.74, 6) is 1.16. The molecule has 4 aromatic carbocycles. The molecule has 200 valence electrons. The maximum atomic E-state index is 2.49. The first-order chi connectivity index (χ1) is 18.4. The molecule has 0 unspecified atom stereocenters. The predicted octanol–water partition coefficient (Wildman–Crippen LogP) is 10.3. The maximum Gasteiger partial charge on any atom is 0.222 e. The second-order valence-corrected chi connectivity index (χ2v) is 14.8. The van der Waals surface area contributed by atoms with E-state index in [0.717, 1.165) is 12.8 Å². The summed E-state index contributed by atoms with van der Waals surface area (Å²) >= 11 is 2.01. The van der Waals surface area contributed by atoms with E-state index in [2.05, 4.69) is 122 Å². The highest BCUT2D eigenvalue weighted by Crippen LogP contribution is 2.53. The normalized spacial score (nSPS) is 13.3. The van der Waals surface area contributed by atoms with Crippen molar-refractivity contribution in [1.82, 2.24) is 0 Å². The number of rotatable bonds is 4. The van der Waals surface area contributed by atoms with Crippen LogP contribution in [0.2, 0.25) is 0 Å². The van der Waals surface area contributed by atoms with Crippen LogP contribution in [-0.2, 0) is 19.9 Å². The molecule has 39 heavy (non-hydrogen) atoms. The summed E-state index contributed by atoms with van der Waals surface area (Å²) in [5, 5.41) is 8.36. The lowest BCUT2D eigenvalue weighted by atomic mass is 9.82. The van der Waals surface area contributed by atoms with Gasteiger partial charge in [-0.1, -0.05) is 96.6 Å². The van der Waals surface area contributed by atoms with Crippen molar-refractivity contribution in [3.8, 4) is 11.3 Å². The Balaban J connectivity index is 1.74. The van der Waals surface area contributed by atoms with E-state index in [1.165, 1.54) is 75.6 Å². The fraction of sp³-hybridized carbons (Fsp3) is 0.378. The fourth-order valence-corrected chi connectivity index (χ4v) is 7.94. The molecule has 1 nitrogen and oxygen atoms in total. The second-order valence-electron chi connectivity index (χ2n) is 13.7. The third kappa shape index (κ3) is 4.45. The Kier molecular flexibility index (Phi) is 6.34. The van der Waals surface area contributed by atoms with Gasteiger partial charge in [0.05, 0.1) is 10.9 Å². The van der Waals surface area contributed by atoms with Crippen LogP contribution >= 0.6 is 11.8 Å². The van der Waals surface area contributed by atoms with Gasteiger partial charge in [0.1, 0.15) is 7.05 Å². The number of fused-ring (bicyclic) bond motifs is 5. The SMILES string of the molecule is Cc1c2c(c(CC(C)(C)C)c3ccc(CC(C)C)cc13)Sc1cc3ccc(C(C)C)cc3c3cc[n+](C)c-2c13. The summed E-state index contributed by atoms with van der Waals surface area (Å²) in [6, 6.07) is 19.2. The van der Waals surface area contributed by atoms with E-state index in [1.54, 1.807) is 0 Å². The number of pyridine rings is 1. The molecule has 0 bridgehead atoms. The van der Waals surface area contributed by atoms with Crippen LogP contribution < -0.4 is 4.57 Å². The third-order valence-corrected chi connectivity index (χ3v) is 9.58. The molecule has 0 amide bonds. The molecule has 0 radical (unpaired) electrons. The standard InChI is InChI=1S/C37H42NS/c1-21(2)16-24-10-13-27-29(17-24)23(5)33-35-34-28(14-15-38(35)9)30-18-25(22(3)4)11-12-26(30)19-32(34)39-36(33)31(27)20-37(6,7)8/h10-15,17-19,21-22H,16,20H2,1-9H3/q+1. The van der Waals surface area contributed by atoms with E-state index in [-0.39, 0.29) is 5.41 Å². The molecule has 5 aromatic rings. The van der Waals surface area contributed by atoms with Crippen LogP contribution in [0.15, 0.2) is 64.5 Å². The highest BCUT2D eigenvalue weighted by Gasteiger charge is 2.33. The smallest absolute Gasteiger partial charge is 0.200 e. The number of benzene rings is 4. The van der Waals surface area contributed by atoms with E-state index in [4.69, 9.17) is 0 Å². The van der Waals surface area contributed by atoms with Crippen LogP contribution in [0.3, 0.4) is 0 Å². The molecule has 0 atom stereocenters. The molecule has 1 aliphatic rings. The van der Waals surface area contributed by atoms with E-state index in [1.807, 2.05) is 11.8 Å². The predicted molar refractivity (Wildman–Crippen MR) is 170 cm³/mol. The van der Waals surface area contributed by atoms with Crippen molar-refractivity contribution in [2.75, 3.05) is 0 Å². The van der Waals surface area contributed by atoms with E-state index < -0.39 is 0 Å². The molecule has 0 saturated carbocycles. The number of hydrogen-bond acceptors (Lipinski definition) is 1. The molecule has 0 saturated heterocycles. The summed E-state index contributed by atoms with van der Waals surface area (Å²) in [4.78, 5) is 2.85. The molecular weight excluding hydrogens is 490 g/mol. The van der Waals surface area contributed by atoms with Gasteiger partial charge in [-0.2, -0.15) is 0 Å². The van der Waals surface area contributed by atoms with Crippen molar-refractivity contribution in [1.29, 1.82) is 0 Å². The van der Waals surface area contributed by atoms with Gasteiger partial charge in [0.2, 0.25) is 5.69 Å². The Morgan fingerprint density at radius 3 is 2.31 bits per heavy atom. The van der Waals surface area contributed by atoms with Gasteiger partial charge < -0.3 is 0 Å². The van der Waals surface area contributed by atoms with E-state index in [9.17, 15) is 0 Å². The monoisotopic (exact) mass is 532 g/mol. The number of hydrogen-bond donors (Lipinski definition) is 0. The minimum absolute atomic E-state index is 0.193. The van der Waals surface area contributed by atoms with Crippen LogP contribution in [-0.4, -0.2) is 0 Å². The van der Waals surface area contributed by atoms with Crippen LogP contribution in [0.5, 0.6) is 0 Å². The van der Waals surface area contributed by atoms with Crippen LogP contribution in [0.25, 0.3) is 43.6 Å². The van der Waals surface area contributed by atoms with Crippen molar-refractivity contribution in [3.05, 3.63) is 77.0 Å². The van der Waals surface area contributed by atoms with E-state index in [0.29, 0.717) is 11.8 Å². The average molecular weight is 533 g/mol. The molecular formula is C37H42NS+. The lowest BCUT2D eigenvalue weighted by Gasteiger charge is -2.28. The zero-order valence-electron chi connectivity index (χ0n) is 25.1. The fourth-order valence-electron chi connectivity index (χ4n) is 6.56. The molecule has 1 aromatic heterocycles. The minimum Gasteiger partial charge on any atom is -0.200 e. The van der Waals surface area contributed by atoms with Gasteiger partial charge in [0.25, 0.3) is 0 Å². The van der Waals surface area contributed by atoms with Crippen molar-refractivity contribution in [3.63, 3.8) is 0 Å². The lowest BCUT2D eigenvalue weighted by Crippen LogP contribution is -2.32. The Bertz CT molecular complexity index is 1780. The molecule has 0 N–H and O–H groups in total. The largest absolute Gasteiger partial charge is 0.222 e. The summed E-state index contributed by atoms with van der Waals surface area (Å²) < 4.78 is 2.38. The summed E-state index contributed by atoms with van der Waals surface area (Å²) in [5.41, 5.74) is 8.78. The molecule has 6 rings (SSSR count). The van der Waals surface area contributed by atoms with Gasteiger partial charge in [0, 0.05) is 21.2 Å². The first-order valence-electron chi connectivity index (χ1n) is 14.6.